The molecule has 0 saturated heterocycles. The Balaban J connectivity index is 2.04. The van der Waals surface area contributed by atoms with E-state index < -0.39 is 0 Å². The summed E-state index contributed by atoms with van der Waals surface area (Å²) in [6, 6.07) is 5.53. The van der Waals surface area contributed by atoms with Crippen molar-refractivity contribution in [2.75, 3.05) is 0 Å². The van der Waals surface area contributed by atoms with Crippen molar-refractivity contribution in [3.8, 4) is 23.2 Å². The zero-order valence-electron chi connectivity index (χ0n) is 10.1. The molecule has 96 valence electrons. The number of rotatable bonds is 3. The monoisotopic (exact) mass is 319 g/mol. The molecule has 0 aliphatic carbocycles. The van der Waals surface area contributed by atoms with Crippen LogP contribution in [-0.2, 0) is 6.54 Å². The molecule has 0 amide bonds. The van der Waals surface area contributed by atoms with Crippen molar-refractivity contribution in [3.63, 3.8) is 0 Å². The van der Waals surface area contributed by atoms with E-state index in [-0.39, 0.29) is 0 Å². The SMILES string of the molecule is CCn1ncc(Br)c1-c1nnc(-c2ccccn2)o1. The predicted molar refractivity (Wildman–Crippen MR) is 72.1 cm³/mol. The Morgan fingerprint density at radius 2 is 2.11 bits per heavy atom. The lowest BCUT2D eigenvalue weighted by Crippen LogP contribution is -1.99. The summed E-state index contributed by atoms with van der Waals surface area (Å²) < 4.78 is 8.28. The number of hydrogen-bond donors (Lipinski definition) is 0. The van der Waals surface area contributed by atoms with Gasteiger partial charge in [0.25, 0.3) is 11.8 Å². The van der Waals surface area contributed by atoms with E-state index in [1.54, 1.807) is 17.1 Å². The van der Waals surface area contributed by atoms with Crippen molar-refractivity contribution in [3.05, 3.63) is 35.1 Å². The Labute approximate surface area is 117 Å². The minimum Gasteiger partial charge on any atom is -0.413 e. The minimum atomic E-state index is 0.395. The van der Waals surface area contributed by atoms with E-state index in [1.165, 1.54) is 0 Å². The van der Waals surface area contributed by atoms with Crippen molar-refractivity contribution >= 4 is 15.9 Å². The molecule has 7 heteroatoms. The van der Waals surface area contributed by atoms with Gasteiger partial charge in [0.15, 0.2) is 0 Å². The molecular formula is C12H10BrN5O. The predicted octanol–water partition coefficient (Wildman–Crippen LogP) is 2.78. The summed E-state index contributed by atoms with van der Waals surface area (Å²) in [4.78, 5) is 4.18. The minimum absolute atomic E-state index is 0.395. The van der Waals surface area contributed by atoms with Crippen LogP contribution in [0.5, 0.6) is 0 Å². The Morgan fingerprint density at radius 3 is 2.84 bits per heavy atom. The molecule has 0 fully saturated rings. The van der Waals surface area contributed by atoms with Gasteiger partial charge in [-0.2, -0.15) is 5.10 Å². The third kappa shape index (κ3) is 2.17. The highest BCUT2D eigenvalue weighted by atomic mass is 79.9. The van der Waals surface area contributed by atoms with Gasteiger partial charge in [-0.3, -0.25) is 9.67 Å². The van der Waals surface area contributed by atoms with Gasteiger partial charge in [-0.15, -0.1) is 10.2 Å². The summed E-state index contributed by atoms with van der Waals surface area (Å²) in [7, 11) is 0. The highest BCUT2D eigenvalue weighted by Gasteiger charge is 2.18. The molecule has 0 aromatic carbocycles. The fourth-order valence-corrected chi connectivity index (χ4v) is 2.19. The first-order chi connectivity index (χ1) is 9.29. The van der Waals surface area contributed by atoms with E-state index in [1.807, 2.05) is 25.1 Å². The number of aromatic nitrogens is 5. The standard InChI is InChI=1S/C12H10BrN5O/c1-2-18-10(8(13)7-15-18)12-17-16-11(19-12)9-5-3-4-6-14-9/h3-7H,2H2,1H3. The summed E-state index contributed by atoms with van der Waals surface area (Å²) in [6.45, 7) is 2.72. The summed E-state index contributed by atoms with van der Waals surface area (Å²) in [5, 5.41) is 12.3. The number of halogens is 1. The number of nitrogens with zero attached hydrogens (tertiary/aromatic N) is 5. The summed E-state index contributed by atoms with van der Waals surface area (Å²) in [6.07, 6.45) is 3.40. The van der Waals surface area contributed by atoms with Gasteiger partial charge in [0.1, 0.15) is 11.4 Å². The zero-order valence-corrected chi connectivity index (χ0v) is 11.7. The topological polar surface area (TPSA) is 69.6 Å². The number of aryl methyl sites for hydroxylation is 1. The van der Waals surface area contributed by atoms with E-state index in [9.17, 15) is 0 Å². The summed E-state index contributed by atoms with van der Waals surface area (Å²) in [5.74, 6) is 0.818. The Hall–Kier alpha value is -2.02. The Bertz CT molecular complexity index is 691. The summed E-state index contributed by atoms with van der Waals surface area (Å²) >= 11 is 3.43. The van der Waals surface area contributed by atoms with Gasteiger partial charge in [-0.1, -0.05) is 6.07 Å². The first-order valence-corrected chi connectivity index (χ1v) is 6.55. The van der Waals surface area contributed by atoms with Gasteiger partial charge in [0.05, 0.1) is 10.7 Å². The van der Waals surface area contributed by atoms with Crippen LogP contribution >= 0.6 is 15.9 Å². The van der Waals surface area contributed by atoms with Crippen LogP contribution in [0.4, 0.5) is 0 Å². The molecule has 0 radical (unpaired) electrons. The van der Waals surface area contributed by atoms with Crippen LogP contribution < -0.4 is 0 Å². The average Bonchev–Trinajstić information content (AvgIpc) is 3.05. The second-order valence-corrected chi connectivity index (χ2v) is 4.64. The van der Waals surface area contributed by atoms with Crippen LogP contribution in [0.2, 0.25) is 0 Å². The Kier molecular flexibility index (Phi) is 3.12. The third-order valence-electron chi connectivity index (χ3n) is 2.61. The maximum Gasteiger partial charge on any atom is 0.267 e. The molecule has 19 heavy (non-hydrogen) atoms. The normalized spacial score (nSPS) is 10.8. The highest BCUT2D eigenvalue weighted by Crippen LogP contribution is 2.28. The van der Waals surface area contributed by atoms with E-state index in [4.69, 9.17) is 4.42 Å². The molecule has 0 bridgehead atoms. The van der Waals surface area contributed by atoms with Crippen molar-refractivity contribution < 1.29 is 4.42 Å². The van der Waals surface area contributed by atoms with Crippen LogP contribution in [0.3, 0.4) is 0 Å². The van der Waals surface area contributed by atoms with Crippen LogP contribution in [0.1, 0.15) is 6.92 Å². The molecule has 3 rings (SSSR count). The molecule has 3 aromatic rings. The quantitative estimate of drug-likeness (QED) is 0.742. The fourth-order valence-electron chi connectivity index (χ4n) is 1.73. The second kappa shape index (κ2) is 4.93. The van der Waals surface area contributed by atoms with E-state index in [0.717, 1.165) is 16.7 Å². The van der Waals surface area contributed by atoms with Gasteiger partial charge in [-0.05, 0) is 35.0 Å². The number of pyridine rings is 1. The zero-order chi connectivity index (χ0) is 13.2. The molecule has 6 nitrogen and oxygen atoms in total. The summed E-state index contributed by atoms with van der Waals surface area (Å²) in [5.41, 5.74) is 1.43. The lowest BCUT2D eigenvalue weighted by atomic mass is 10.3. The van der Waals surface area contributed by atoms with E-state index in [0.29, 0.717) is 17.5 Å². The Morgan fingerprint density at radius 1 is 1.26 bits per heavy atom. The molecule has 0 N–H and O–H groups in total. The van der Waals surface area contributed by atoms with Gasteiger partial charge in [0.2, 0.25) is 0 Å². The number of hydrogen-bond acceptors (Lipinski definition) is 5. The van der Waals surface area contributed by atoms with Crippen molar-refractivity contribution in [2.45, 2.75) is 13.5 Å². The first-order valence-electron chi connectivity index (χ1n) is 5.76. The molecule has 3 heterocycles. The first kappa shape index (κ1) is 12.0. The average molecular weight is 320 g/mol. The smallest absolute Gasteiger partial charge is 0.267 e. The van der Waals surface area contributed by atoms with Crippen molar-refractivity contribution in [2.24, 2.45) is 0 Å². The van der Waals surface area contributed by atoms with Gasteiger partial charge >= 0.3 is 0 Å². The van der Waals surface area contributed by atoms with Gasteiger partial charge < -0.3 is 4.42 Å². The van der Waals surface area contributed by atoms with E-state index >= 15 is 0 Å². The lowest BCUT2D eigenvalue weighted by Gasteiger charge is -1.99. The molecule has 0 aliphatic rings. The molecule has 0 aliphatic heterocycles. The molecule has 0 atom stereocenters. The maximum absolute atomic E-state index is 5.66. The molecule has 0 unspecified atom stereocenters. The third-order valence-corrected chi connectivity index (χ3v) is 3.19. The van der Waals surface area contributed by atoms with Crippen molar-refractivity contribution in [1.29, 1.82) is 0 Å². The molecule has 0 saturated carbocycles. The van der Waals surface area contributed by atoms with E-state index in [2.05, 4.69) is 36.2 Å². The molecular weight excluding hydrogens is 310 g/mol. The highest BCUT2D eigenvalue weighted by molar-refractivity contribution is 9.10. The second-order valence-electron chi connectivity index (χ2n) is 3.78. The van der Waals surface area contributed by atoms with Crippen LogP contribution in [0.25, 0.3) is 23.2 Å². The van der Waals surface area contributed by atoms with Crippen LogP contribution in [0, 0.1) is 0 Å². The fraction of sp³-hybridized carbons (Fsp3) is 0.167. The van der Waals surface area contributed by atoms with Gasteiger partial charge in [0, 0.05) is 12.7 Å². The van der Waals surface area contributed by atoms with Gasteiger partial charge in [-0.25, -0.2) is 0 Å². The van der Waals surface area contributed by atoms with Crippen LogP contribution in [0.15, 0.2) is 39.5 Å². The van der Waals surface area contributed by atoms with Crippen LogP contribution in [-0.4, -0.2) is 25.0 Å². The van der Waals surface area contributed by atoms with Crippen molar-refractivity contribution in [1.82, 2.24) is 25.0 Å². The molecule has 0 spiro atoms. The largest absolute Gasteiger partial charge is 0.413 e. The maximum atomic E-state index is 5.66. The molecule has 3 aromatic heterocycles. The lowest BCUT2D eigenvalue weighted by molar-refractivity contribution is 0.564.